The Morgan fingerprint density at radius 3 is 2.68 bits per heavy atom. The lowest BCUT2D eigenvalue weighted by Crippen LogP contribution is -2.38. The van der Waals surface area contributed by atoms with Crippen LogP contribution in [0, 0.1) is 12.8 Å². The van der Waals surface area contributed by atoms with Crippen LogP contribution >= 0.6 is 0 Å². The molecule has 31 heavy (non-hydrogen) atoms. The first-order valence-electron chi connectivity index (χ1n) is 10.7. The molecular formula is C26H27N3O2. The predicted octanol–water partition coefficient (Wildman–Crippen LogP) is 3.42. The van der Waals surface area contributed by atoms with Crippen molar-refractivity contribution in [2.75, 3.05) is 19.6 Å². The van der Waals surface area contributed by atoms with E-state index in [-0.39, 0.29) is 17.7 Å². The lowest BCUT2D eigenvalue weighted by Gasteiger charge is -2.24. The molecule has 1 N–H and O–H groups in total. The van der Waals surface area contributed by atoms with Gasteiger partial charge in [-0.25, -0.2) is 0 Å². The summed E-state index contributed by atoms with van der Waals surface area (Å²) in [6.07, 6.45) is 4.31. The molecule has 2 aromatic carbocycles. The molecular weight excluding hydrogens is 386 g/mol. The molecule has 0 radical (unpaired) electrons. The van der Waals surface area contributed by atoms with E-state index in [4.69, 9.17) is 0 Å². The van der Waals surface area contributed by atoms with Crippen LogP contribution in [0.3, 0.4) is 0 Å². The van der Waals surface area contributed by atoms with Gasteiger partial charge in [0.15, 0.2) is 0 Å². The van der Waals surface area contributed by atoms with Gasteiger partial charge in [-0.15, -0.1) is 0 Å². The summed E-state index contributed by atoms with van der Waals surface area (Å²) < 4.78 is 0. The molecule has 0 spiro atoms. The van der Waals surface area contributed by atoms with Gasteiger partial charge in [0.05, 0.1) is 12.3 Å². The molecule has 1 fully saturated rings. The number of rotatable bonds is 5. The molecule has 1 atom stereocenters. The molecule has 0 aliphatic carbocycles. The van der Waals surface area contributed by atoms with Gasteiger partial charge in [0, 0.05) is 32.0 Å². The minimum Gasteiger partial charge on any atom is -0.354 e. The summed E-state index contributed by atoms with van der Waals surface area (Å²) in [6.45, 7) is 3.50. The second kappa shape index (κ2) is 9.56. The average molecular weight is 414 g/mol. The molecule has 1 aliphatic rings. The van der Waals surface area contributed by atoms with Crippen LogP contribution in [-0.4, -0.2) is 41.3 Å². The molecule has 0 bridgehead atoms. The SMILES string of the molecule is Cc1ccc(-c2ccccc2C[C@H]2CN(C(=O)Cc3cccnc3)CCNC2=O)cc1. The fourth-order valence-electron chi connectivity index (χ4n) is 4.05. The van der Waals surface area contributed by atoms with Crippen LogP contribution in [-0.2, 0) is 22.4 Å². The fraction of sp³-hybridized carbons (Fsp3) is 0.269. The van der Waals surface area contributed by atoms with E-state index in [2.05, 4.69) is 53.6 Å². The van der Waals surface area contributed by atoms with E-state index in [0.717, 1.165) is 22.3 Å². The number of aromatic nitrogens is 1. The number of pyridine rings is 1. The third-order valence-electron chi connectivity index (χ3n) is 5.77. The van der Waals surface area contributed by atoms with E-state index in [1.807, 2.05) is 29.2 Å². The third-order valence-corrected chi connectivity index (χ3v) is 5.77. The lowest BCUT2D eigenvalue weighted by atomic mass is 9.91. The molecule has 5 heteroatoms. The van der Waals surface area contributed by atoms with Crippen LogP contribution in [0.2, 0.25) is 0 Å². The van der Waals surface area contributed by atoms with Gasteiger partial charge in [-0.1, -0.05) is 60.2 Å². The van der Waals surface area contributed by atoms with Crippen molar-refractivity contribution in [1.29, 1.82) is 0 Å². The van der Waals surface area contributed by atoms with Gasteiger partial charge < -0.3 is 10.2 Å². The van der Waals surface area contributed by atoms with E-state index >= 15 is 0 Å². The topological polar surface area (TPSA) is 62.3 Å². The summed E-state index contributed by atoms with van der Waals surface area (Å²) in [5.74, 6) is -0.247. The second-order valence-corrected chi connectivity index (χ2v) is 8.09. The third kappa shape index (κ3) is 5.18. The highest BCUT2D eigenvalue weighted by Gasteiger charge is 2.28. The number of benzene rings is 2. The van der Waals surface area contributed by atoms with Crippen LogP contribution in [0.25, 0.3) is 11.1 Å². The van der Waals surface area contributed by atoms with E-state index < -0.39 is 0 Å². The monoisotopic (exact) mass is 413 g/mol. The fourth-order valence-corrected chi connectivity index (χ4v) is 4.05. The summed E-state index contributed by atoms with van der Waals surface area (Å²) in [5, 5.41) is 2.99. The number of nitrogens with zero attached hydrogens (tertiary/aromatic N) is 2. The zero-order valence-corrected chi connectivity index (χ0v) is 17.8. The first kappa shape index (κ1) is 20.8. The van der Waals surface area contributed by atoms with Crippen molar-refractivity contribution in [3.63, 3.8) is 0 Å². The molecule has 2 amide bonds. The first-order valence-corrected chi connectivity index (χ1v) is 10.7. The van der Waals surface area contributed by atoms with Crippen LogP contribution in [0.4, 0.5) is 0 Å². The highest BCUT2D eigenvalue weighted by molar-refractivity contribution is 5.83. The average Bonchev–Trinajstić information content (AvgIpc) is 2.97. The predicted molar refractivity (Wildman–Crippen MR) is 121 cm³/mol. The highest BCUT2D eigenvalue weighted by atomic mass is 16.2. The Labute approximate surface area is 183 Å². The maximum Gasteiger partial charge on any atom is 0.227 e. The number of hydrogen-bond donors (Lipinski definition) is 1. The first-order chi connectivity index (χ1) is 15.1. The Morgan fingerprint density at radius 2 is 1.90 bits per heavy atom. The zero-order valence-electron chi connectivity index (χ0n) is 17.8. The van der Waals surface area contributed by atoms with Gasteiger partial charge in [0.1, 0.15) is 0 Å². The highest BCUT2D eigenvalue weighted by Crippen LogP contribution is 2.27. The number of aryl methyl sites for hydroxylation is 1. The number of amides is 2. The molecule has 5 nitrogen and oxygen atoms in total. The van der Waals surface area contributed by atoms with Crippen molar-refractivity contribution < 1.29 is 9.59 Å². The van der Waals surface area contributed by atoms with Crippen molar-refractivity contribution in [3.05, 3.63) is 89.7 Å². The molecule has 1 aromatic heterocycles. The van der Waals surface area contributed by atoms with Crippen molar-refractivity contribution in [1.82, 2.24) is 15.2 Å². The lowest BCUT2D eigenvalue weighted by molar-refractivity contribution is -0.131. The van der Waals surface area contributed by atoms with E-state index in [9.17, 15) is 9.59 Å². The van der Waals surface area contributed by atoms with Crippen molar-refractivity contribution in [2.45, 2.75) is 19.8 Å². The second-order valence-electron chi connectivity index (χ2n) is 8.09. The maximum atomic E-state index is 12.9. The summed E-state index contributed by atoms with van der Waals surface area (Å²) in [4.78, 5) is 31.6. The van der Waals surface area contributed by atoms with Crippen LogP contribution in [0.5, 0.6) is 0 Å². The van der Waals surface area contributed by atoms with Crippen LogP contribution in [0.1, 0.15) is 16.7 Å². The van der Waals surface area contributed by atoms with Crippen LogP contribution < -0.4 is 5.32 Å². The molecule has 3 aromatic rings. The van der Waals surface area contributed by atoms with Crippen molar-refractivity contribution in [2.24, 2.45) is 5.92 Å². The maximum absolute atomic E-state index is 12.9. The molecule has 1 aliphatic heterocycles. The van der Waals surface area contributed by atoms with E-state index in [0.29, 0.717) is 32.5 Å². The van der Waals surface area contributed by atoms with Crippen molar-refractivity contribution >= 4 is 11.8 Å². The van der Waals surface area contributed by atoms with E-state index in [1.54, 1.807) is 12.4 Å². The Bertz CT molecular complexity index is 1050. The standard InChI is InChI=1S/C26H27N3O2/c1-19-8-10-21(11-9-19)24-7-3-2-6-22(24)16-23-18-29(14-13-28-26(23)31)25(30)15-20-5-4-12-27-17-20/h2-12,17,23H,13-16,18H2,1H3,(H,28,31)/t23-/m0/s1. The smallest absolute Gasteiger partial charge is 0.227 e. The Morgan fingerprint density at radius 1 is 1.10 bits per heavy atom. The molecule has 2 heterocycles. The molecule has 0 saturated carbocycles. The normalized spacial score (nSPS) is 16.5. The number of nitrogens with one attached hydrogen (secondary N) is 1. The molecule has 0 unspecified atom stereocenters. The Hall–Kier alpha value is -3.47. The molecule has 4 rings (SSSR count). The van der Waals surface area contributed by atoms with Crippen molar-refractivity contribution in [3.8, 4) is 11.1 Å². The summed E-state index contributed by atoms with van der Waals surface area (Å²) in [7, 11) is 0. The van der Waals surface area contributed by atoms with E-state index in [1.165, 1.54) is 5.56 Å². The van der Waals surface area contributed by atoms with Gasteiger partial charge in [-0.2, -0.15) is 0 Å². The number of hydrogen-bond acceptors (Lipinski definition) is 3. The van der Waals surface area contributed by atoms with Crippen LogP contribution in [0.15, 0.2) is 73.1 Å². The number of carbonyl (C=O) groups excluding carboxylic acids is 2. The van der Waals surface area contributed by atoms with Gasteiger partial charge in [0.2, 0.25) is 11.8 Å². The quantitative estimate of drug-likeness (QED) is 0.697. The minimum atomic E-state index is -0.285. The van der Waals surface area contributed by atoms with Gasteiger partial charge in [0.25, 0.3) is 0 Å². The number of carbonyl (C=O) groups is 2. The largest absolute Gasteiger partial charge is 0.354 e. The van der Waals surface area contributed by atoms with Gasteiger partial charge in [-0.05, 0) is 41.7 Å². The van der Waals surface area contributed by atoms with Gasteiger partial charge >= 0.3 is 0 Å². The Balaban J connectivity index is 1.52. The van der Waals surface area contributed by atoms with Gasteiger partial charge in [-0.3, -0.25) is 14.6 Å². The summed E-state index contributed by atoms with van der Waals surface area (Å²) >= 11 is 0. The summed E-state index contributed by atoms with van der Waals surface area (Å²) in [6, 6.07) is 20.4. The Kier molecular flexibility index (Phi) is 6.41. The molecule has 1 saturated heterocycles. The summed E-state index contributed by atoms with van der Waals surface area (Å²) in [5.41, 5.74) is 5.49. The molecule has 158 valence electrons. The zero-order chi connectivity index (χ0) is 21.6. The minimum absolute atomic E-state index is 0.00962.